The van der Waals surface area contributed by atoms with Crippen LogP contribution in [-0.4, -0.2) is 29.0 Å². The third kappa shape index (κ3) is 5.17. The Labute approximate surface area is 200 Å². The second-order valence-electron chi connectivity index (χ2n) is 8.81. The minimum Gasteiger partial charge on any atom is -0.341 e. The van der Waals surface area contributed by atoms with Crippen LogP contribution in [-0.2, 0) is 11.2 Å². The van der Waals surface area contributed by atoms with Gasteiger partial charge in [0, 0.05) is 36.2 Å². The standard InChI is InChI=1S/C28H29N5O/c1-20-18-26(32-28(29-20)33-16-5-2-6-17-33)30-23-12-14-24(15-13-23)31-27(34)19-22-10-7-9-21-8-3-4-11-25(21)22/h3-4,7-15,18H,2,5-6,16-17,19H2,1H3,(H,31,34)(H,29,30,32). The Morgan fingerprint density at radius 3 is 2.44 bits per heavy atom. The molecule has 1 saturated heterocycles. The number of piperidine rings is 1. The number of carbonyl (C=O) groups excluding carboxylic acids is 1. The van der Waals surface area contributed by atoms with Crippen molar-refractivity contribution in [2.24, 2.45) is 0 Å². The topological polar surface area (TPSA) is 70.2 Å². The molecule has 1 fully saturated rings. The predicted molar refractivity (Wildman–Crippen MR) is 139 cm³/mol. The SMILES string of the molecule is Cc1cc(Nc2ccc(NC(=O)Cc3cccc4ccccc34)cc2)nc(N2CCCCC2)n1. The fraction of sp³-hybridized carbons (Fsp3) is 0.250. The molecule has 1 aliphatic rings. The number of nitrogens with one attached hydrogen (secondary N) is 2. The first kappa shape index (κ1) is 21.9. The molecular formula is C28H29N5O. The highest BCUT2D eigenvalue weighted by Gasteiger charge is 2.15. The first-order valence-corrected chi connectivity index (χ1v) is 11.9. The van der Waals surface area contributed by atoms with E-state index in [4.69, 9.17) is 4.98 Å². The van der Waals surface area contributed by atoms with Gasteiger partial charge >= 0.3 is 0 Å². The lowest BCUT2D eigenvalue weighted by Crippen LogP contribution is -2.31. The maximum Gasteiger partial charge on any atom is 0.228 e. The number of rotatable bonds is 6. The Balaban J connectivity index is 1.23. The molecule has 2 N–H and O–H groups in total. The second kappa shape index (κ2) is 9.91. The maximum atomic E-state index is 12.7. The number of benzene rings is 3. The quantitative estimate of drug-likeness (QED) is 0.385. The number of carbonyl (C=O) groups is 1. The van der Waals surface area contributed by atoms with Gasteiger partial charge in [0.1, 0.15) is 5.82 Å². The summed E-state index contributed by atoms with van der Waals surface area (Å²) in [7, 11) is 0. The van der Waals surface area contributed by atoms with Gasteiger partial charge in [-0.25, -0.2) is 4.98 Å². The molecular weight excluding hydrogens is 422 g/mol. The molecule has 0 radical (unpaired) electrons. The number of anilines is 4. The number of nitrogens with zero attached hydrogens (tertiary/aromatic N) is 3. The Kier molecular flexibility index (Phi) is 6.38. The second-order valence-corrected chi connectivity index (χ2v) is 8.81. The zero-order valence-corrected chi connectivity index (χ0v) is 19.4. The number of aromatic nitrogens is 2. The molecule has 0 saturated carbocycles. The summed E-state index contributed by atoms with van der Waals surface area (Å²) in [5.41, 5.74) is 3.64. The minimum atomic E-state index is -0.0327. The number of amides is 1. The van der Waals surface area contributed by atoms with Gasteiger partial charge in [0.05, 0.1) is 6.42 Å². The lowest BCUT2D eigenvalue weighted by atomic mass is 10.0. The Morgan fingerprint density at radius 1 is 0.882 bits per heavy atom. The van der Waals surface area contributed by atoms with Gasteiger partial charge in [-0.2, -0.15) is 4.98 Å². The summed E-state index contributed by atoms with van der Waals surface area (Å²) < 4.78 is 0. The molecule has 2 heterocycles. The highest BCUT2D eigenvalue weighted by atomic mass is 16.1. The van der Waals surface area contributed by atoms with Crippen LogP contribution in [0, 0.1) is 6.92 Å². The molecule has 1 amide bonds. The molecule has 172 valence electrons. The largest absolute Gasteiger partial charge is 0.341 e. The number of hydrogen-bond acceptors (Lipinski definition) is 5. The van der Waals surface area contributed by atoms with Crippen molar-refractivity contribution in [3.8, 4) is 0 Å². The van der Waals surface area contributed by atoms with Crippen molar-refractivity contribution in [2.45, 2.75) is 32.6 Å². The van der Waals surface area contributed by atoms with Crippen LogP contribution in [0.3, 0.4) is 0 Å². The van der Waals surface area contributed by atoms with Gasteiger partial charge in [0.2, 0.25) is 11.9 Å². The van der Waals surface area contributed by atoms with E-state index in [2.05, 4.69) is 38.7 Å². The summed E-state index contributed by atoms with van der Waals surface area (Å²) in [6, 6.07) is 23.9. The van der Waals surface area contributed by atoms with Gasteiger partial charge in [0.25, 0.3) is 0 Å². The van der Waals surface area contributed by atoms with Crippen LogP contribution in [0.2, 0.25) is 0 Å². The predicted octanol–water partition coefficient (Wildman–Crippen LogP) is 5.85. The van der Waals surface area contributed by atoms with Crippen molar-refractivity contribution >= 4 is 39.8 Å². The van der Waals surface area contributed by atoms with Crippen LogP contribution in [0.4, 0.5) is 23.1 Å². The molecule has 3 aromatic carbocycles. The van der Waals surface area contributed by atoms with Gasteiger partial charge in [-0.3, -0.25) is 4.79 Å². The molecule has 0 bridgehead atoms. The number of aryl methyl sites for hydroxylation is 1. The molecule has 6 nitrogen and oxygen atoms in total. The van der Waals surface area contributed by atoms with Gasteiger partial charge in [-0.1, -0.05) is 42.5 Å². The van der Waals surface area contributed by atoms with Crippen molar-refractivity contribution in [1.29, 1.82) is 0 Å². The van der Waals surface area contributed by atoms with Crippen LogP contribution >= 0.6 is 0 Å². The molecule has 1 aliphatic heterocycles. The van der Waals surface area contributed by atoms with E-state index in [-0.39, 0.29) is 5.91 Å². The Morgan fingerprint density at radius 2 is 1.62 bits per heavy atom. The van der Waals surface area contributed by atoms with Gasteiger partial charge in [-0.15, -0.1) is 0 Å². The first-order chi connectivity index (χ1) is 16.6. The summed E-state index contributed by atoms with van der Waals surface area (Å²) >= 11 is 0. The number of fused-ring (bicyclic) bond motifs is 1. The highest BCUT2D eigenvalue weighted by molar-refractivity contribution is 5.96. The van der Waals surface area contributed by atoms with Gasteiger partial charge in [-0.05, 0) is 66.8 Å². The fourth-order valence-electron chi connectivity index (χ4n) is 4.46. The van der Waals surface area contributed by atoms with E-state index in [9.17, 15) is 4.79 Å². The fourth-order valence-corrected chi connectivity index (χ4v) is 4.46. The molecule has 0 spiro atoms. The third-order valence-electron chi connectivity index (χ3n) is 6.15. The minimum absolute atomic E-state index is 0.0327. The van der Waals surface area contributed by atoms with E-state index in [1.54, 1.807) is 0 Å². The van der Waals surface area contributed by atoms with E-state index in [0.29, 0.717) is 6.42 Å². The van der Waals surface area contributed by atoms with Crippen LogP contribution in [0.5, 0.6) is 0 Å². The summed E-state index contributed by atoms with van der Waals surface area (Å²) in [6.07, 6.45) is 3.99. The molecule has 1 aromatic heterocycles. The summed E-state index contributed by atoms with van der Waals surface area (Å²) in [4.78, 5) is 24.3. The molecule has 6 heteroatoms. The molecule has 34 heavy (non-hydrogen) atoms. The molecule has 0 unspecified atom stereocenters. The maximum absolute atomic E-state index is 12.7. The summed E-state index contributed by atoms with van der Waals surface area (Å²) in [6.45, 7) is 4.01. The average molecular weight is 452 g/mol. The highest BCUT2D eigenvalue weighted by Crippen LogP contribution is 2.23. The Bertz CT molecular complexity index is 1290. The molecule has 5 rings (SSSR count). The third-order valence-corrected chi connectivity index (χ3v) is 6.15. The van der Waals surface area contributed by atoms with E-state index >= 15 is 0 Å². The first-order valence-electron chi connectivity index (χ1n) is 11.9. The molecule has 0 atom stereocenters. The van der Waals surface area contributed by atoms with Crippen LogP contribution < -0.4 is 15.5 Å². The summed E-state index contributed by atoms with van der Waals surface area (Å²) in [5.74, 6) is 1.54. The van der Waals surface area contributed by atoms with Crippen LogP contribution in [0.1, 0.15) is 30.5 Å². The van der Waals surface area contributed by atoms with Crippen LogP contribution in [0.15, 0.2) is 72.8 Å². The van der Waals surface area contributed by atoms with E-state index in [1.165, 1.54) is 19.3 Å². The van der Waals surface area contributed by atoms with E-state index in [1.807, 2.05) is 61.5 Å². The van der Waals surface area contributed by atoms with Gasteiger partial charge in [0.15, 0.2) is 0 Å². The average Bonchev–Trinajstić information content (AvgIpc) is 2.86. The molecule has 0 aliphatic carbocycles. The van der Waals surface area contributed by atoms with Crippen molar-refractivity contribution in [3.05, 3.63) is 84.1 Å². The zero-order chi connectivity index (χ0) is 23.3. The number of hydrogen-bond donors (Lipinski definition) is 2. The Hall–Kier alpha value is -3.93. The zero-order valence-electron chi connectivity index (χ0n) is 19.4. The molecule has 4 aromatic rings. The van der Waals surface area contributed by atoms with E-state index in [0.717, 1.165) is 58.3 Å². The monoisotopic (exact) mass is 451 g/mol. The summed E-state index contributed by atoms with van der Waals surface area (Å²) in [5, 5.41) is 8.64. The van der Waals surface area contributed by atoms with Crippen molar-refractivity contribution < 1.29 is 4.79 Å². The van der Waals surface area contributed by atoms with Crippen molar-refractivity contribution in [3.63, 3.8) is 0 Å². The van der Waals surface area contributed by atoms with E-state index < -0.39 is 0 Å². The smallest absolute Gasteiger partial charge is 0.228 e. The van der Waals surface area contributed by atoms with Crippen molar-refractivity contribution in [2.75, 3.05) is 28.6 Å². The lowest BCUT2D eigenvalue weighted by molar-refractivity contribution is -0.115. The normalized spacial score (nSPS) is 13.6. The van der Waals surface area contributed by atoms with Crippen LogP contribution in [0.25, 0.3) is 10.8 Å². The lowest BCUT2D eigenvalue weighted by Gasteiger charge is -2.27. The van der Waals surface area contributed by atoms with Gasteiger partial charge < -0.3 is 15.5 Å². The van der Waals surface area contributed by atoms with Crippen molar-refractivity contribution in [1.82, 2.24) is 9.97 Å².